The molecule has 0 atom stereocenters. The number of hydrogen-bond donors (Lipinski definition) is 2. The molecule has 33 heavy (non-hydrogen) atoms. The molecule has 2 aromatic heterocycles. The van der Waals surface area contributed by atoms with Crippen molar-refractivity contribution in [3.05, 3.63) is 53.5 Å². The number of aryl methyl sites for hydroxylation is 1. The predicted octanol–water partition coefficient (Wildman–Crippen LogP) is 3.32. The van der Waals surface area contributed by atoms with Gasteiger partial charge in [-0.05, 0) is 36.6 Å². The number of hydrogen-bond acceptors (Lipinski definition) is 8. The van der Waals surface area contributed by atoms with Crippen LogP contribution in [0.15, 0.2) is 36.7 Å². The second kappa shape index (κ2) is 8.86. The standard InChI is InChI=1S/C23H28N6O3S/c1-14(2)21-15(3)26-23(24)27-22(21)29-7-8-32-20-6-5-16(9-18(20)13-29)17-10-19(12-25-11-17)28-33(4,30)31/h5-6,9-12,14,28H,7-8,13H2,1-4H3,(H2,24,26,27). The number of fused-ring (bicyclic) bond motifs is 1. The van der Waals surface area contributed by atoms with Crippen molar-refractivity contribution in [1.29, 1.82) is 0 Å². The predicted molar refractivity (Wildman–Crippen MR) is 130 cm³/mol. The van der Waals surface area contributed by atoms with Gasteiger partial charge in [-0.3, -0.25) is 9.71 Å². The number of rotatable bonds is 5. The van der Waals surface area contributed by atoms with Gasteiger partial charge in [0.05, 0.1) is 24.7 Å². The highest BCUT2D eigenvalue weighted by atomic mass is 32.2. The number of ether oxygens (including phenoxy) is 1. The molecule has 1 aliphatic heterocycles. The van der Waals surface area contributed by atoms with Crippen molar-refractivity contribution in [3.8, 4) is 16.9 Å². The Morgan fingerprint density at radius 3 is 2.67 bits per heavy atom. The zero-order valence-corrected chi connectivity index (χ0v) is 20.0. The number of anilines is 3. The fourth-order valence-electron chi connectivity index (χ4n) is 4.13. The van der Waals surface area contributed by atoms with Crippen LogP contribution in [0.25, 0.3) is 11.1 Å². The first-order valence-corrected chi connectivity index (χ1v) is 12.6. The molecule has 3 heterocycles. The van der Waals surface area contributed by atoms with Gasteiger partial charge < -0.3 is 15.4 Å². The van der Waals surface area contributed by atoms with E-state index in [9.17, 15) is 8.42 Å². The number of pyridine rings is 1. The van der Waals surface area contributed by atoms with E-state index >= 15 is 0 Å². The number of sulfonamides is 1. The molecule has 1 aromatic carbocycles. The van der Waals surface area contributed by atoms with Crippen molar-refractivity contribution in [2.45, 2.75) is 33.2 Å². The monoisotopic (exact) mass is 468 g/mol. The molecule has 1 aliphatic rings. The van der Waals surface area contributed by atoms with Gasteiger partial charge in [0.25, 0.3) is 0 Å². The Kier molecular flexibility index (Phi) is 6.11. The topological polar surface area (TPSA) is 123 Å². The van der Waals surface area contributed by atoms with Gasteiger partial charge in [0.15, 0.2) is 0 Å². The number of nitrogens with zero attached hydrogens (tertiary/aromatic N) is 4. The van der Waals surface area contributed by atoms with E-state index in [1.807, 2.05) is 25.1 Å². The summed E-state index contributed by atoms with van der Waals surface area (Å²) in [6, 6.07) is 7.69. The Balaban J connectivity index is 1.71. The number of nitrogens with two attached hydrogens (primary N) is 1. The highest BCUT2D eigenvalue weighted by Crippen LogP contribution is 2.34. The number of nitrogens with one attached hydrogen (secondary N) is 1. The average Bonchev–Trinajstić information content (AvgIpc) is 2.93. The summed E-state index contributed by atoms with van der Waals surface area (Å²) in [5.41, 5.74) is 11.1. The Labute approximate surface area is 194 Å². The Morgan fingerprint density at radius 1 is 1.15 bits per heavy atom. The lowest BCUT2D eigenvalue weighted by molar-refractivity contribution is 0.331. The molecule has 3 aromatic rings. The summed E-state index contributed by atoms with van der Waals surface area (Å²) in [5, 5.41) is 0. The van der Waals surface area contributed by atoms with E-state index in [2.05, 4.69) is 38.4 Å². The normalized spacial score (nSPS) is 13.9. The number of nitrogen functional groups attached to an aromatic ring is 1. The lowest BCUT2D eigenvalue weighted by atomic mass is 10.0. The summed E-state index contributed by atoms with van der Waals surface area (Å²) in [5.74, 6) is 2.14. The van der Waals surface area contributed by atoms with Gasteiger partial charge in [-0.1, -0.05) is 19.9 Å². The number of benzene rings is 1. The molecule has 0 saturated heterocycles. The lowest BCUT2D eigenvalue weighted by Crippen LogP contribution is -2.28. The molecule has 0 fully saturated rings. The second-order valence-electron chi connectivity index (χ2n) is 8.49. The van der Waals surface area contributed by atoms with Gasteiger partial charge in [-0.2, -0.15) is 4.98 Å². The maximum atomic E-state index is 11.6. The third-order valence-electron chi connectivity index (χ3n) is 5.43. The van der Waals surface area contributed by atoms with Crippen LogP contribution in [0.3, 0.4) is 0 Å². The Morgan fingerprint density at radius 2 is 1.94 bits per heavy atom. The Bertz CT molecular complexity index is 1290. The fourth-order valence-corrected chi connectivity index (χ4v) is 4.67. The smallest absolute Gasteiger partial charge is 0.229 e. The minimum absolute atomic E-state index is 0.242. The van der Waals surface area contributed by atoms with Crippen molar-refractivity contribution < 1.29 is 13.2 Å². The summed E-state index contributed by atoms with van der Waals surface area (Å²) in [4.78, 5) is 15.3. The average molecular weight is 469 g/mol. The van der Waals surface area contributed by atoms with Gasteiger partial charge in [-0.15, -0.1) is 0 Å². The van der Waals surface area contributed by atoms with Crippen molar-refractivity contribution in [2.24, 2.45) is 0 Å². The van der Waals surface area contributed by atoms with Gasteiger partial charge >= 0.3 is 0 Å². The molecule has 0 radical (unpaired) electrons. The van der Waals surface area contributed by atoms with Gasteiger partial charge in [0.1, 0.15) is 18.2 Å². The van der Waals surface area contributed by atoms with Crippen molar-refractivity contribution in [2.75, 3.05) is 34.8 Å². The summed E-state index contributed by atoms with van der Waals surface area (Å²) in [6.07, 6.45) is 4.30. The van der Waals surface area contributed by atoms with Gasteiger partial charge in [0.2, 0.25) is 16.0 Å². The maximum Gasteiger partial charge on any atom is 0.229 e. The molecule has 3 N–H and O–H groups in total. The summed E-state index contributed by atoms with van der Waals surface area (Å²) in [7, 11) is -3.39. The highest BCUT2D eigenvalue weighted by molar-refractivity contribution is 7.92. The largest absolute Gasteiger partial charge is 0.491 e. The van der Waals surface area contributed by atoms with E-state index in [-0.39, 0.29) is 11.9 Å². The molecule has 0 spiro atoms. The van der Waals surface area contributed by atoms with Gasteiger partial charge in [-0.25, -0.2) is 13.4 Å². The minimum atomic E-state index is -3.39. The van der Waals surface area contributed by atoms with Crippen LogP contribution < -0.4 is 20.1 Å². The molecular weight excluding hydrogens is 440 g/mol. The molecule has 10 heteroatoms. The first kappa shape index (κ1) is 22.8. The summed E-state index contributed by atoms with van der Waals surface area (Å²) < 4.78 is 31.7. The van der Waals surface area contributed by atoms with Crippen LogP contribution in [0.2, 0.25) is 0 Å². The molecule has 0 saturated carbocycles. The van der Waals surface area contributed by atoms with E-state index in [0.29, 0.717) is 25.4 Å². The zero-order valence-electron chi connectivity index (χ0n) is 19.2. The molecule has 9 nitrogen and oxygen atoms in total. The quantitative estimate of drug-likeness (QED) is 0.584. The molecule has 0 aliphatic carbocycles. The summed E-state index contributed by atoms with van der Waals surface area (Å²) in [6.45, 7) is 7.97. The van der Waals surface area contributed by atoms with E-state index in [4.69, 9.17) is 10.5 Å². The SMILES string of the molecule is Cc1nc(N)nc(N2CCOc3ccc(-c4cncc(NS(C)(=O)=O)c4)cc3C2)c1C(C)C. The van der Waals surface area contributed by atoms with Crippen LogP contribution in [0, 0.1) is 6.92 Å². The molecule has 4 rings (SSSR count). The first-order chi connectivity index (χ1) is 15.6. The van der Waals surface area contributed by atoms with Crippen LogP contribution in [-0.2, 0) is 16.6 Å². The fraction of sp³-hybridized carbons (Fsp3) is 0.348. The Hall–Kier alpha value is -3.40. The first-order valence-electron chi connectivity index (χ1n) is 10.7. The molecule has 0 amide bonds. The summed E-state index contributed by atoms with van der Waals surface area (Å²) >= 11 is 0. The van der Waals surface area contributed by atoms with E-state index < -0.39 is 10.0 Å². The van der Waals surface area contributed by atoms with E-state index in [0.717, 1.165) is 45.8 Å². The van der Waals surface area contributed by atoms with Crippen LogP contribution >= 0.6 is 0 Å². The molecular formula is C23H28N6O3S. The van der Waals surface area contributed by atoms with Crippen LogP contribution in [0.5, 0.6) is 5.75 Å². The van der Waals surface area contributed by atoms with Gasteiger partial charge in [0, 0.05) is 35.1 Å². The molecule has 0 bridgehead atoms. The van der Waals surface area contributed by atoms with Crippen molar-refractivity contribution in [3.63, 3.8) is 0 Å². The molecule has 174 valence electrons. The van der Waals surface area contributed by atoms with Crippen LogP contribution in [-0.4, -0.2) is 42.8 Å². The van der Waals surface area contributed by atoms with Crippen molar-refractivity contribution >= 4 is 27.5 Å². The van der Waals surface area contributed by atoms with E-state index in [1.54, 1.807) is 12.3 Å². The lowest BCUT2D eigenvalue weighted by Gasteiger charge is -2.26. The van der Waals surface area contributed by atoms with Crippen LogP contribution in [0.1, 0.15) is 36.6 Å². The second-order valence-corrected chi connectivity index (χ2v) is 10.2. The third-order valence-corrected chi connectivity index (χ3v) is 6.03. The van der Waals surface area contributed by atoms with Crippen LogP contribution in [0.4, 0.5) is 17.5 Å². The number of aromatic nitrogens is 3. The van der Waals surface area contributed by atoms with Crippen molar-refractivity contribution in [1.82, 2.24) is 15.0 Å². The maximum absolute atomic E-state index is 11.6. The minimum Gasteiger partial charge on any atom is -0.491 e. The third kappa shape index (κ3) is 5.16. The van der Waals surface area contributed by atoms with E-state index in [1.165, 1.54) is 6.20 Å². The highest BCUT2D eigenvalue weighted by Gasteiger charge is 2.23. The molecule has 0 unspecified atom stereocenters. The zero-order chi connectivity index (χ0) is 23.8.